The average molecular weight is 277 g/mol. The number of carbonyl (C=O) groups is 1. The number of rotatable bonds is 5. The van der Waals surface area contributed by atoms with Crippen molar-refractivity contribution in [2.45, 2.75) is 19.8 Å². The van der Waals surface area contributed by atoms with Gasteiger partial charge in [0.1, 0.15) is 5.75 Å². The van der Waals surface area contributed by atoms with Crippen molar-refractivity contribution in [3.05, 3.63) is 29.8 Å². The highest BCUT2D eigenvalue weighted by molar-refractivity contribution is 5.77. The van der Waals surface area contributed by atoms with E-state index in [1.165, 1.54) is 0 Å². The van der Waals surface area contributed by atoms with Gasteiger partial charge in [-0.3, -0.25) is 4.79 Å². The predicted octanol–water partition coefficient (Wildman–Crippen LogP) is 2.26. The lowest BCUT2D eigenvalue weighted by atomic mass is 9.98. The molecule has 0 unspecified atom stereocenters. The molecule has 1 aliphatic rings. The van der Waals surface area contributed by atoms with Crippen LogP contribution in [0.4, 0.5) is 0 Å². The Hall–Kier alpha value is -1.55. The van der Waals surface area contributed by atoms with Crippen LogP contribution in [0, 0.1) is 12.8 Å². The number of aryl methyl sites for hydroxylation is 1. The minimum Gasteiger partial charge on any atom is -0.484 e. The molecule has 0 atom stereocenters. The summed E-state index contributed by atoms with van der Waals surface area (Å²) in [4.78, 5) is 14.0. The maximum absolute atomic E-state index is 12.1. The summed E-state index contributed by atoms with van der Waals surface area (Å²) in [6, 6.07) is 7.77. The monoisotopic (exact) mass is 277 g/mol. The van der Waals surface area contributed by atoms with Crippen LogP contribution in [-0.4, -0.2) is 44.2 Å². The Balaban J connectivity index is 1.76. The van der Waals surface area contributed by atoms with E-state index in [9.17, 15) is 4.79 Å². The number of benzene rings is 1. The van der Waals surface area contributed by atoms with Gasteiger partial charge in [-0.15, -0.1) is 0 Å². The molecule has 1 fully saturated rings. The fourth-order valence-electron chi connectivity index (χ4n) is 2.53. The van der Waals surface area contributed by atoms with Gasteiger partial charge >= 0.3 is 0 Å². The van der Waals surface area contributed by atoms with E-state index in [0.717, 1.165) is 43.9 Å². The van der Waals surface area contributed by atoms with Crippen LogP contribution in [-0.2, 0) is 9.53 Å². The Morgan fingerprint density at radius 3 is 2.75 bits per heavy atom. The lowest BCUT2D eigenvalue weighted by Gasteiger charge is -2.31. The molecule has 1 aromatic rings. The molecule has 1 heterocycles. The van der Waals surface area contributed by atoms with Crippen LogP contribution in [0.3, 0.4) is 0 Å². The zero-order chi connectivity index (χ0) is 14.4. The van der Waals surface area contributed by atoms with Gasteiger partial charge in [0, 0.05) is 26.8 Å². The van der Waals surface area contributed by atoms with E-state index in [1.54, 1.807) is 7.11 Å². The quantitative estimate of drug-likeness (QED) is 0.828. The number of nitrogens with zero attached hydrogens (tertiary/aromatic N) is 1. The molecule has 0 spiro atoms. The predicted molar refractivity (Wildman–Crippen MR) is 77.9 cm³/mol. The Morgan fingerprint density at radius 1 is 1.35 bits per heavy atom. The highest BCUT2D eigenvalue weighted by Crippen LogP contribution is 2.18. The standard InChI is InChI=1S/C16H23NO3/c1-13-4-3-5-15(10-13)20-12-16(18)17-8-6-14(7-9-17)11-19-2/h3-5,10,14H,6-9,11-12H2,1-2H3. The van der Waals surface area contributed by atoms with Crippen LogP contribution in [0.15, 0.2) is 24.3 Å². The van der Waals surface area contributed by atoms with E-state index in [1.807, 2.05) is 36.1 Å². The highest BCUT2D eigenvalue weighted by atomic mass is 16.5. The topological polar surface area (TPSA) is 38.8 Å². The van der Waals surface area contributed by atoms with Crippen molar-refractivity contribution in [2.24, 2.45) is 5.92 Å². The van der Waals surface area contributed by atoms with Gasteiger partial charge in [-0.05, 0) is 43.4 Å². The number of methoxy groups -OCH3 is 1. The summed E-state index contributed by atoms with van der Waals surface area (Å²) < 4.78 is 10.7. The average Bonchev–Trinajstić information content (AvgIpc) is 2.46. The summed E-state index contributed by atoms with van der Waals surface area (Å²) in [7, 11) is 1.73. The molecule has 0 bridgehead atoms. The van der Waals surface area contributed by atoms with Gasteiger partial charge in [0.05, 0.1) is 0 Å². The van der Waals surface area contributed by atoms with Crippen LogP contribution < -0.4 is 4.74 Å². The zero-order valence-electron chi connectivity index (χ0n) is 12.3. The van der Waals surface area contributed by atoms with Crippen LogP contribution in [0.2, 0.25) is 0 Å². The van der Waals surface area contributed by atoms with Gasteiger partial charge < -0.3 is 14.4 Å². The van der Waals surface area contributed by atoms with Crippen LogP contribution in [0.1, 0.15) is 18.4 Å². The molecule has 0 radical (unpaired) electrons. The first-order chi connectivity index (χ1) is 9.69. The first-order valence-electron chi connectivity index (χ1n) is 7.15. The van der Waals surface area contributed by atoms with Crippen molar-refractivity contribution in [1.82, 2.24) is 4.90 Å². The van der Waals surface area contributed by atoms with E-state index < -0.39 is 0 Å². The molecule has 2 rings (SSSR count). The molecule has 0 saturated carbocycles. The van der Waals surface area contributed by atoms with Crippen molar-refractivity contribution < 1.29 is 14.3 Å². The second kappa shape index (κ2) is 7.29. The number of amides is 1. The van der Waals surface area contributed by atoms with Gasteiger partial charge in [0.2, 0.25) is 0 Å². The third-order valence-electron chi connectivity index (χ3n) is 3.72. The number of hydrogen-bond donors (Lipinski definition) is 0. The number of carbonyl (C=O) groups excluding carboxylic acids is 1. The minimum absolute atomic E-state index is 0.0716. The molecule has 0 aromatic heterocycles. The van der Waals surface area contributed by atoms with Crippen molar-refractivity contribution in [1.29, 1.82) is 0 Å². The van der Waals surface area contributed by atoms with Crippen LogP contribution >= 0.6 is 0 Å². The number of likely N-dealkylation sites (tertiary alicyclic amines) is 1. The Labute approximate surface area is 120 Å². The molecule has 20 heavy (non-hydrogen) atoms. The zero-order valence-corrected chi connectivity index (χ0v) is 12.3. The largest absolute Gasteiger partial charge is 0.484 e. The fourth-order valence-corrected chi connectivity index (χ4v) is 2.53. The maximum Gasteiger partial charge on any atom is 0.260 e. The molecule has 1 amide bonds. The third-order valence-corrected chi connectivity index (χ3v) is 3.72. The van der Waals surface area contributed by atoms with E-state index in [2.05, 4.69) is 0 Å². The first kappa shape index (κ1) is 14.9. The molecular formula is C16H23NO3. The van der Waals surface area contributed by atoms with Crippen molar-refractivity contribution in [2.75, 3.05) is 33.4 Å². The van der Waals surface area contributed by atoms with E-state index in [-0.39, 0.29) is 12.5 Å². The summed E-state index contributed by atoms with van der Waals surface area (Å²) in [5.41, 5.74) is 1.13. The van der Waals surface area contributed by atoms with Crippen LogP contribution in [0.25, 0.3) is 0 Å². The Bertz CT molecular complexity index is 439. The first-order valence-corrected chi connectivity index (χ1v) is 7.15. The van der Waals surface area contributed by atoms with E-state index in [4.69, 9.17) is 9.47 Å². The third kappa shape index (κ3) is 4.23. The number of ether oxygens (including phenoxy) is 2. The SMILES string of the molecule is COCC1CCN(C(=O)COc2cccc(C)c2)CC1. The molecule has 0 aliphatic carbocycles. The summed E-state index contributed by atoms with van der Waals surface area (Å²) in [6.45, 7) is 4.55. The van der Waals surface area contributed by atoms with Crippen molar-refractivity contribution >= 4 is 5.91 Å². The molecule has 4 nitrogen and oxygen atoms in total. The Kier molecular flexibility index (Phi) is 5.41. The van der Waals surface area contributed by atoms with Gasteiger partial charge in [0.15, 0.2) is 6.61 Å². The number of piperidine rings is 1. The van der Waals surface area contributed by atoms with Gasteiger partial charge in [-0.2, -0.15) is 0 Å². The second-order valence-corrected chi connectivity index (χ2v) is 5.38. The van der Waals surface area contributed by atoms with E-state index >= 15 is 0 Å². The lowest BCUT2D eigenvalue weighted by Crippen LogP contribution is -2.41. The Morgan fingerprint density at radius 2 is 2.10 bits per heavy atom. The molecule has 4 heteroatoms. The molecule has 0 N–H and O–H groups in total. The van der Waals surface area contributed by atoms with Crippen LogP contribution in [0.5, 0.6) is 5.75 Å². The lowest BCUT2D eigenvalue weighted by molar-refractivity contribution is -0.135. The van der Waals surface area contributed by atoms with Crippen molar-refractivity contribution in [3.63, 3.8) is 0 Å². The summed E-state index contributed by atoms with van der Waals surface area (Å²) in [5.74, 6) is 1.41. The molecular weight excluding hydrogens is 254 g/mol. The second-order valence-electron chi connectivity index (χ2n) is 5.38. The molecule has 110 valence electrons. The normalized spacial score (nSPS) is 16.2. The molecule has 1 saturated heterocycles. The fraction of sp³-hybridized carbons (Fsp3) is 0.562. The van der Waals surface area contributed by atoms with E-state index in [0.29, 0.717) is 5.92 Å². The smallest absolute Gasteiger partial charge is 0.260 e. The van der Waals surface area contributed by atoms with Crippen molar-refractivity contribution in [3.8, 4) is 5.75 Å². The molecule has 1 aliphatic heterocycles. The molecule has 1 aromatic carbocycles. The maximum atomic E-state index is 12.1. The minimum atomic E-state index is 0.0716. The van der Waals surface area contributed by atoms with Gasteiger partial charge in [-0.25, -0.2) is 0 Å². The van der Waals surface area contributed by atoms with Gasteiger partial charge in [-0.1, -0.05) is 12.1 Å². The highest BCUT2D eigenvalue weighted by Gasteiger charge is 2.22. The van der Waals surface area contributed by atoms with Gasteiger partial charge in [0.25, 0.3) is 5.91 Å². The number of hydrogen-bond acceptors (Lipinski definition) is 3. The summed E-state index contributed by atoms with van der Waals surface area (Å²) in [5, 5.41) is 0. The summed E-state index contributed by atoms with van der Waals surface area (Å²) in [6.07, 6.45) is 2.04. The summed E-state index contributed by atoms with van der Waals surface area (Å²) >= 11 is 0.